The van der Waals surface area contributed by atoms with E-state index in [0.29, 0.717) is 4.90 Å². The summed E-state index contributed by atoms with van der Waals surface area (Å²) in [6.07, 6.45) is -4.77. The Morgan fingerprint density at radius 2 is 1.94 bits per heavy atom. The van der Waals surface area contributed by atoms with Crippen molar-refractivity contribution in [3.8, 4) is 0 Å². The summed E-state index contributed by atoms with van der Waals surface area (Å²) < 4.78 is 38.3. The number of aliphatic hydroxyl groups is 1. The van der Waals surface area contributed by atoms with Crippen molar-refractivity contribution < 1.29 is 27.9 Å². The van der Waals surface area contributed by atoms with Crippen LogP contribution in [0.4, 0.5) is 13.2 Å². The summed E-state index contributed by atoms with van der Waals surface area (Å²) in [5.74, 6) is -3.63. The van der Waals surface area contributed by atoms with Gasteiger partial charge in [-0.2, -0.15) is 13.2 Å². The number of carbonyl (C=O) groups excluding carboxylic acids is 2. The summed E-state index contributed by atoms with van der Waals surface area (Å²) in [5, 5.41) is 8.59. The van der Waals surface area contributed by atoms with Crippen molar-refractivity contribution in [1.82, 2.24) is 4.90 Å². The van der Waals surface area contributed by atoms with Gasteiger partial charge in [-0.15, -0.1) is 0 Å². The number of nitrogens with zero attached hydrogens (tertiary/aromatic N) is 1. The number of β-amino-alcohol motifs (C(OH)–C–C–N with tert-alkyl or cyclic N) is 1. The monoisotopic (exact) mass is 239 g/mol. The van der Waals surface area contributed by atoms with Gasteiger partial charge in [-0.1, -0.05) is 6.92 Å². The van der Waals surface area contributed by atoms with Gasteiger partial charge in [0.2, 0.25) is 11.8 Å². The highest BCUT2D eigenvalue weighted by atomic mass is 19.4. The standard InChI is InChI=1S/C9H12F3NO3/c1-5-6(15)13(3-4-14)7(16)8(5,2)9(10,11)12/h5,14H,3-4H2,1-2H3. The maximum atomic E-state index is 12.8. The highest BCUT2D eigenvalue weighted by molar-refractivity contribution is 6.07. The van der Waals surface area contributed by atoms with Gasteiger partial charge < -0.3 is 5.11 Å². The summed E-state index contributed by atoms with van der Waals surface area (Å²) in [5.41, 5.74) is -2.68. The van der Waals surface area contributed by atoms with E-state index in [0.717, 1.165) is 13.8 Å². The van der Waals surface area contributed by atoms with Crippen LogP contribution in [0.5, 0.6) is 0 Å². The van der Waals surface area contributed by atoms with Gasteiger partial charge in [-0.05, 0) is 6.92 Å². The average Bonchev–Trinajstić information content (AvgIpc) is 2.33. The minimum Gasteiger partial charge on any atom is -0.395 e. The van der Waals surface area contributed by atoms with Crippen LogP contribution in [0, 0.1) is 11.3 Å². The fourth-order valence-corrected chi connectivity index (χ4v) is 1.72. The van der Waals surface area contributed by atoms with Gasteiger partial charge in [0.25, 0.3) is 0 Å². The fourth-order valence-electron chi connectivity index (χ4n) is 1.72. The number of imide groups is 1. The van der Waals surface area contributed by atoms with Crippen LogP contribution in [0.2, 0.25) is 0 Å². The SMILES string of the molecule is CC1C(=O)N(CCO)C(=O)C1(C)C(F)(F)F. The van der Waals surface area contributed by atoms with E-state index in [1.165, 1.54) is 0 Å². The Morgan fingerprint density at radius 1 is 1.44 bits per heavy atom. The van der Waals surface area contributed by atoms with Crippen LogP contribution >= 0.6 is 0 Å². The van der Waals surface area contributed by atoms with E-state index in [1.54, 1.807) is 0 Å². The predicted octanol–water partition coefficient (Wildman–Crippen LogP) is 0.552. The van der Waals surface area contributed by atoms with Gasteiger partial charge in [0.15, 0.2) is 5.41 Å². The van der Waals surface area contributed by atoms with E-state index >= 15 is 0 Å². The molecule has 0 saturated carbocycles. The third-order valence-electron chi connectivity index (χ3n) is 3.10. The Bertz CT molecular complexity index is 328. The second-order valence-corrected chi connectivity index (χ2v) is 3.94. The first-order valence-corrected chi connectivity index (χ1v) is 4.71. The lowest BCUT2D eigenvalue weighted by atomic mass is 9.79. The molecule has 0 spiro atoms. The van der Waals surface area contributed by atoms with E-state index in [4.69, 9.17) is 5.11 Å². The largest absolute Gasteiger partial charge is 0.403 e. The van der Waals surface area contributed by atoms with E-state index in [-0.39, 0.29) is 0 Å². The van der Waals surface area contributed by atoms with Crippen molar-refractivity contribution in [1.29, 1.82) is 0 Å². The zero-order chi connectivity index (χ0) is 12.7. The minimum atomic E-state index is -4.77. The van der Waals surface area contributed by atoms with Crippen molar-refractivity contribution in [2.75, 3.05) is 13.2 Å². The van der Waals surface area contributed by atoms with E-state index in [2.05, 4.69) is 0 Å². The molecule has 0 aromatic heterocycles. The Kier molecular flexibility index (Phi) is 3.02. The van der Waals surface area contributed by atoms with Crippen LogP contribution in [-0.2, 0) is 9.59 Å². The first-order valence-electron chi connectivity index (χ1n) is 4.71. The Balaban J connectivity index is 3.16. The highest BCUT2D eigenvalue weighted by Crippen LogP contribution is 2.49. The zero-order valence-electron chi connectivity index (χ0n) is 8.84. The maximum absolute atomic E-state index is 12.8. The first kappa shape index (κ1) is 13.0. The maximum Gasteiger partial charge on any atom is 0.403 e. The summed E-state index contributed by atoms with van der Waals surface area (Å²) in [7, 11) is 0. The molecule has 1 aliphatic heterocycles. The second-order valence-electron chi connectivity index (χ2n) is 3.94. The smallest absolute Gasteiger partial charge is 0.395 e. The summed E-state index contributed by atoms with van der Waals surface area (Å²) in [6.45, 7) is 0.853. The average molecular weight is 239 g/mol. The molecule has 2 amide bonds. The Hall–Kier alpha value is -1.11. The topological polar surface area (TPSA) is 57.6 Å². The van der Waals surface area contributed by atoms with E-state index < -0.39 is 42.5 Å². The van der Waals surface area contributed by atoms with Gasteiger partial charge in [-0.25, -0.2) is 0 Å². The molecular weight excluding hydrogens is 227 g/mol. The lowest BCUT2D eigenvalue weighted by Gasteiger charge is -2.27. The fraction of sp³-hybridized carbons (Fsp3) is 0.778. The van der Waals surface area contributed by atoms with Gasteiger partial charge in [-0.3, -0.25) is 14.5 Å². The molecular formula is C9H12F3NO3. The number of hydrogen-bond donors (Lipinski definition) is 1. The molecule has 7 heteroatoms. The van der Waals surface area contributed by atoms with Crippen molar-refractivity contribution in [3.05, 3.63) is 0 Å². The van der Waals surface area contributed by atoms with Crippen LogP contribution in [-0.4, -0.2) is 41.1 Å². The first-order chi connectivity index (χ1) is 7.17. The third kappa shape index (κ3) is 1.50. The van der Waals surface area contributed by atoms with Crippen molar-refractivity contribution in [3.63, 3.8) is 0 Å². The normalized spacial score (nSPS) is 31.4. The molecule has 2 atom stereocenters. The van der Waals surface area contributed by atoms with Crippen LogP contribution in [0.1, 0.15) is 13.8 Å². The summed E-state index contributed by atoms with van der Waals surface area (Å²) in [4.78, 5) is 23.5. The van der Waals surface area contributed by atoms with Crippen molar-refractivity contribution >= 4 is 11.8 Å². The van der Waals surface area contributed by atoms with Gasteiger partial charge in [0.1, 0.15) is 0 Å². The van der Waals surface area contributed by atoms with Gasteiger partial charge in [0.05, 0.1) is 19.1 Å². The van der Waals surface area contributed by atoms with E-state index in [9.17, 15) is 22.8 Å². The summed E-state index contributed by atoms with van der Waals surface area (Å²) >= 11 is 0. The van der Waals surface area contributed by atoms with Crippen LogP contribution < -0.4 is 0 Å². The van der Waals surface area contributed by atoms with Crippen molar-refractivity contribution in [2.24, 2.45) is 11.3 Å². The molecule has 0 bridgehead atoms. The highest BCUT2D eigenvalue weighted by Gasteiger charge is 2.68. The summed E-state index contributed by atoms with van der Waals surface area (Å²) in [6, 6.07) is 0. The zero-order valence-corrected chi connectivity index (χ0v) is 8.84. The van der Waals surface area contributed by atoms with Crippen LogP contribution in [0.15, 0.2) is 0 Å². The molecule has 0 aromatic carbocycles. The molecule has 0 radical (unpaired) electrons. The van der Waals surface area contributed by atoms with Crippen LogP contribution in [0.25, 0.3) is 0 Å². The molecule has 2 unspecified atom stereocenters. The number of halogens is 3. The van der Waals surface area contributed by atoms with Crippen LogP contribution in [0.3, 0.4) is 0 Å². The third-order valence-corrected chi connectivity index (χ3v) is 3.10. The lowest BCUT2D eigenvalue weighted by Crippen LogP contribution is -2.45. The molecule has 1 saturated heterocycles. The molecule has 1 fully saturated rings. The van der Waals surface area contributed by atoms with Gasteiger partial charge >= 0.3 is 6.18 Å². The van der Waals surface area contributed by atoms with Gasteiger partial charge in [0, 0.05) is 0 Å². The quantitative estimate of drug-likeness (QED) is 0.716. The minimum absolute atomic E-state index is 0.395. The molecule has 0 aliphatic carbocycles. The molecule has 92 valence electrons. The van der Waals surface area contributed by atoms with Crippen molar-refractivity contribution in [2.45, 2.75) is 20.0 Å². The number of hydrogen-bond acceptors (Lipinski definition) is 3. The molecule has 1 N–H and O–H groups in total. The Morgan fingerprint density at radius 3 is 2.25 bits per heavy atom. The molecule has 4 nitrogen and oxygen atoms in total. The van der Waals surface area contributed by atoms with E-state index in [1.807, 2.05) is 0 Å². The molecule has 1 aliphatic rings. The molecule has 1 heterocycles. The predicted molar refractivity (Wildman–Crippen MR) is 47.1 cm³/mol. The number of rotatable bonds is 2. The Labute approximate surface area is 90.0 Å². The number of likely N-dealkylation sites (tertiary alicyclic amines) is 1. The second kappa shape index (κ2) is 3.73. The molecule has 0 aromatic rings. The number of carbonyl (C=O) groups is 2. The number of amides is 2. The molecule has 1 rings (SSSR count). The lowest BCUT2D eigenvalue weighted by molar-refractivity contribution is -0.223. The number of aliphatic hydroxyl groups excluding tert-OH is 1. The molecule has 16 heavy (non-hydrogen) atoms. The number of alkyl halides is 3.